The molecule has 0 N–H and O–H groups in total. The van der Waals surface area contributed by atoms with Crippen molar-refractivity contribution in [3.05, 3.63) is 49.6 Å². The number of nitrogens with zero attached hydrogens (tertiary/aromatic N) is 2. The average molecular weight is 407 g/mol. The summed E-state index contributed by atoms with van der Waals surface area (Å²) >= 11 is 8.19. The molecule has 0 bridgehead atoms. The van der Waals surface area contributed by atoms with E-state index in [1.54, 1.807) is 11.7 Å². The number of rotatable bonds is 4. The predicted molar refractivity (Wildman–Crippen MR) is 84.7 cm³/mol. The SMILES string of the molecule is CCc1nn(C)c(CC(=O)c2ccc(F)cc2I)c1Cl. The molecule has 0 saturated heterocycles. The summed E-state index contributed by atoms with van der Waals surface area (Å²) in [7, 11) is 1.77. The van der Waals surface area contributed by atoms with Gasteiger partial charge in [0.2, 0.25) is 0 Å². The minimum Gasteiger partial charge on any atom is -0.294 e. The highest BCUT2D eigenvalue weighted by Gasteiger charge is 2.18. The molecule has 1 heterocycles. The van der Waals surface area contributed by atoms with Crippen LogP contribution in [0.2, 0.25) is 5.02 Å². The van der Waals surface area contributed by atoms with Gasteiger partial charge in [-0.15, -0.1) is 0 Å². The molecule has 1 aromatic heterocycles. The number of halogens is 3. The normalized spacial score (nSPS) is 10.8. The molecule has 2 rings (SSSR count). The third kappa shape index (κ3) is 3.03. The van der Waals surface area contributed by atoms with E-state index in [1.165, 1.54) is 18.2 Å². The summed E-state index contributed by atoms with van der Waals surface area (Å²) in [4.78, 5) is 12.3. The molecular weight excluding hydrogens is 394 g/mol. The molecule has 1 aromatic carbocycles. The zero-order chi connectivity index (χ0) is 14.9. The fraction of sp³-hybridized carbons (Fsp3) is 0.286. The van der Waals surface area contributed by atoms with Crippen LogP contribution in [0.4, 0.5) is 4.39 Å². The first-order valence-electron chi connectivity index (χ1n) is 6.12. The minimum atomic E-state index is -0.349. The zero-order valence-electron chi connectivity index (χ0n) is 11.1. The topological polar surface area (TPSA) is 34.9 Å². The van der Waals surface area contributed by atoms with Gasteiger partial charge in [0.15, 0.2) is 5.78 Å². The molecule has 3 nitrogen and oxygen atoms in total. The van der Waals surface area contributed by atoms with Crippen molar-refractivity contribution in [2.45, 2.75) is 19.8 Å². The Kier molecular flexibility index (Phi) is 4.80. The molecule has 0 spiro atoms. The Balaban J connectivity index is 2.30. The Morgan fingerprint density at radius 2 is 2.20 bits per heavy atom. The summed E-state index contributed by atoms with van der Waals surface area (Å²) in [6.45, 7) is 1.96. The van der Waals surface area contributed by atoms with Gasteiger partial charge in [0.05, 0.1) is 22.8 Å². The summed E-state index contributed by atoms with van der Waals surface area (Å²) in [6, 6.07) is 4.14. The van der Waals surface area contributed by atoms with E-state index in [0.29, 0.717) is 19.9 Å². The summed E-state index contributed by atoms with van der Waals surface area (Å²) in [6.07, 6.45) is 0.874. The molecule has 0 aliphatic carbocycles. The highest BCUT2D eigenvalue weighted by atomic mass is 127. The number of aryl methyl sites for hydroxylation is 2. The minimum absolute atomic E-state index is 0.0954. The molecule has 0 aliphatic heterocycles. The van der Waals surface area contributed by atoms with Gasteiger partial charge in [-0.05, 0) is 47.2 Å². The number of aromatic nitrogens is 2. The van der Waals surface area contributed by atoms with Crippen molar-refractivity contribution >= 4 is 40.0 Å². The molecule has 0 atom stereocenters. The summed E-state index contributed by atoms with van der Waals surface area (Å²) < 4.78 is 15.3. The molecular formula is C14H13ClFIN2O. The number of hydrogen-bond donors (Lipinski definition) is 0. The van der Waals surface area contributed by atoms with Crippen LogP contribution in [0, 0.1) is 9.39 Å². The first-order valence-corrected chi connectivity index (χ1v) is 7.58. The van der Waals surface area contributed by atoms with Gasteiger partial charge in [-0.1, -0.05) is 18.5 Å². The number of Topliss-reactive ketones (excluding diaryl/α,β-unsaturated/α-hetero) is 1. The van der Waals surface area contributed by atoms with Crippen LogP contribution >= 0.6 is 34.2 Å². The van der Waals surface area contributed by atoms with E-state index in [1.807, 2.05) is 29.5 Å². The van der Waals surface area contributed by atoms with Gasteiger partial charge < -0.3 is 0 Å². The quantitative estimate of drug-likeness (QED) is 0.572. The molecule has 0 amide bonds. The highest BCUT2D eigenvalue weighted by Crippen LogP contribution is 2.23. The fourth-order valence-corrected chi connectivity index (χ4v) is 3.11. The van der Waals surface area contributed by atoms with E-state index in [9.17, 15) is 9.18 Å². The van der Waals surface area contributed by atoms with Crippen LogP contribution in [-0.4, -0.2) is 15.6 Å². The van der Waals surface area contributed by atoms with Crippen molar-refractivity contribution in [3.63, 3.8) is 0 Å². The number of ketones is 1. The molecule has 2 aromatic rings. The van der Waals surface area contributed by atoms with Gasteiger partial charge in [0.1, 0.15) is 5.82 Å². The van der Waals surface area contributed by atoms with Gasteiger partial charge in [0.25, 0.3) is 0 Å². The fourth-order valence-electron chi connectivity index (χ4n) is 1.97. The van der Waals surface area contributed by atoms with Crippen molar-refractivity contribution in [1.82, 2.24) is 9.78 Å². The van der Waals surface area contributed by atoms with E-state index in [0.717, 1.165) is 12.1 Å². The van der Waals surface area contributed by atoms with E-state index in [4.69, 9.17) is 11.6 Å². The Labute approximate surface area is 135 Å². The third-order valence-electron chi connectivity index (χ3n) is 3.06. The van der Waals surface area contributed by atoms with Crippen LogP contribution in [0.3, 0.4) is 0 Å². The van der Waals surface area contributed by atoms with Crippen molar-refractivity contribution in [2.75, 3.05) is 0 Å². The first-order chi connectivity index (χ1) is 9.43. The molecule has 0 aliphatic rings. The number of benzene rings is 1. The second kappa shape index (κ2) is 6.22. The van der Waals surface area contributed by atoms with Crippen LogP contribution in [0.1, 0.15) is 28.7 Å². The lowest BCUT2D eigenvalue weighted by Gasteiger charge is -2.05. The van der Waals surface area contributed by atoms with E-state index in [-0.39, 0.29) is 18.0 Å². The molecule has 6 heteroatoms. The van der Waals surface area contributed by atoms with Crippen LogP contribution in [-0.2, 0) is 19.9 Å². The Bertz CT molecular complexity index is 669. The van der Waals surface area contributed by atoms with Gasteiger partial charge in [0, 0.05) is 16.2 Å². The van der Waals surface area contributed by atoms with E-state index < -0.39 is 0 Å². The zero-order valence-corrected chi connectivity index (χ0v) is 14.0. The number of carbonyl (C=O) groups is 1. The Hall–Kier alpha value is -0.950. The molecule has 0 fully saturated rings. The third-order valence-corrected chi connectivity index (χ3v) is 4.39. The van der Waals surface area contributed by atoms with Gasteiger partial charge in [-0.25, -0.2) is 4.39 Å². The highest BCUT2D eigenvalue weighted by molar-refractivity contribution is 14.1. The molecule has 0 unspecified atom stereocenters. The summed E-state index contributed by atoms with van der Waals surface area (Å²) in [5.41, 5.74) is 1.97. The predicted octanol–water partition coefficient (Wildman–Crippen LogP) is 3.81. The van der Waals surface area contributed by atoms with Crippen molar-refractivity contribution in [2.24, 2.45) is 7.05 Å². The second-order valence-corrected chi connectivity index (χ2v) is 5.95. The maximum Gasteiger partial charge on any atom is 0.169 e. The maximum absolute atomic E-state index is 13.1. The molecule has 0 saturated carbocycles. The molecule has 106 valence electrons. The lowest BCUT2D eigenvalue weighted by Crippen LogP contribution is -2.10. The van der Waals surface area contributed by atoms with Gasteiger partial charge >= 0.3 is 0 Å². The van der Waals surface area contributed by atoms with Crippen molar-refractivity contribution in [1.29, 1.82) is 0 Å². The number of carbonyl (C=O) groups excluding carboxylic acids is 1. The standard InChI is InChI=1S/C14H13ClFIN2O/c1-3-11-14(15)12(19(2)18-11)7-13(20)9-5-4-8(16)6-10(9)17/h4-6H,3,7H2,1-2H3. The smallest absolute Gasteiger partial charge is 0.169 e. The van der Waals surface area contributed by atoms with E-state index in [2.05, 4.69) is 5.10 Å². The second-order valence-electron chi connectivity index (χ2n) is 4.41. The summed E-state index contributed by atoms with van der Waals surface area (Å²) in [5.74, 6) is -0.445. The van der Waals surface area contributed by atoms with Crippen LogP contribution in [0.15, 0.2) is 18.2 Å². The van der Waals surface area contributed by atoms with E-state index >= 15 is 0 Å². The first kappa shape index (κ1) is 15.4. The molecule has 0 radical (unpaired) electrons. The lowest BCUT2D eigenvalue weighted by atomic mass is 10.1. The molecule has 20 heavy (non-hydrogen) atoms. The summed E-state index contributed by atoms with van der Waals surface area (Å²) in [5, 5.41) is 4.82. The Morgan fingerprint density at radius 3 is 2.75 bits per heavy atom. The number of hydrogen-bond acceptors (Lipinski definition) is 2. The maximum atomic E-state index is 13.1. The van der Waals surface area contributed by atoms with Crippen LogP contribution < -0.4 is 0 Å². The van der Waals surface area contributed by atoms with Crippen molar-refractivity contribution in [3.8, 4) is 0 Å². The average Bonchev–Trinajstić information content (AvgIpc) is 2.66. The monoisotopic (exact) mass is 406 g/mol. The Morgan fingerprint density at radius 1 is 1.50 bits per heavy atom. The van der Waals surface area contributed by atoms with Crippen LogP contribution in [0.5, 0.6) is 0 Å². The lowest BCUT2D eigenvalue weighted by molar-refractivity contribution is 0.0990. The van der Waals surface area contributed by atoms with Gasteiger partial charge in [-0.3, -0.25) is 9.48 Å². The van der Waals surface area contributed by atoms with Gasteiger partial charge in [-0.2, -0.15) is 5.10 Å². The van der Waals surface area contributed by atoms with Crippen molar-refractivity contribution < 1.29 is 9.18 Å². The van der Waals surface area contributed by atoms with Crippen LogP contribution in [0.25, 0.3) is 0 Å². The largest absolute Gasteiger partial charge is 0.294 e.